The largest absolute Gasteiger partial charge is 0.480 e. The number of aromatic nitrogens is 2. The lowest BCUT2D eigenvalue weighted by molar-refractivity contribution is -0.141. The van der Waals surface area contributed by atoms with Crippen LogP contribution < -0.4 is 32.7 Å². The van der Waals surface area contributed by atoms with E-state index in [-0.39, 0.29) is 31.3 Å². The van der Waals surface area contributed by atoms with Gasteiger partial charge in [-0.3, -0.25) is 24.2 Å². The molecule has 2 rings (SSSR count). The highest BCUT2D eigenvalue weighted by Gasteiger charge is 2.31. The van der Waals surface area contributed by atoms with E-state index in [1.165, 1.54) is 19.4 Å². The standard InChI is InChI=1S/C20H33N9O5/c1-11(19(33)34)27-17(31)14(5-3-7-25-20(21)22)28-18(32)15(8-12-9-23-10-26-12)29-16(30)13-4-2-6-24-13/h9-11,13-15,24H,2-8H2,1H3,(H,23,26)(H,27,31)(H,28,32)(H,29,30)(H,33,34)(H4,21,22,25). The molecule has 3 amide bonds. The molecular formula is C20H33N9O5. The van der Waals surface area contributed by atoms with Crippen LogP contribution in [0.1, 0.15) is 38.3 Å². The van der Waals surface area contributed by atoms with Crippen LogP contribution in [0.15, 0.2) is 17.5 Å². The first kappa shape index (κ1) is 26.6. The number of carboxylic acid groups (broad SMARTS) is 1. The number of hydrogen-bond donors (Lipinski definition) is 8. The van der Waals surface area contributed by atoms with Crippen molar-refractivity contribution in [1.82, 2.24) is 31.2 Å². The van der Waals surface area contributed by atoms with E-state index in [4.69, 9.17) is 16.6 Å². The molecule has 0 aromatic carbocycles. The van der Waals surface area contributed by atoms with E-state index in [2.05, 4.69) is 36.2 Å². The number of hydrogen-bond acceptors (Lipinski definition) is 7. The monoisotopic (exact) mass is 479 g/mol. The molecule has 14 nitrogen and oxygen atoms in total. The Balaban J connectivity index is 2.12. The third-order valence-electron chi connectivity index (χ3n) is 5.30. The number of rotatable bonds is 13. The Bertz CT molecular complexity index is 864. The maximum Gasteiger partial charge on any atom is 0.325 e. The van der Waals surface area contributed by atoms with E-state index >= 15 is 0 Å². The third kappa shape index (κ3) is 8.69. The molecule has 1 aromatic rings. The first-order valence-corrected chi connectivity index (χ1v) is 11.1. The van der Waals surface area contributed by atoms with Crippen molar-refractivity contribution in [2.75, 3.05) is 13.1 Å². The molecule has 2 heterocycles. The first-order valence-electron chi connectivity index (χ1n) is 11.1. The zero-order valence-electron chi connectivity index (χ0n) is 19.0. The smallest absolute Gasteiger partial charge is 0.325 e. The number of nitrogens with one attached hydrogen (secondary N) is 5. The number of aromatic amines is 1. The van der Waals surface area contributed by atoms with Gasteiger partial charge >= 0.3 is 5.97 Å². The number of carbonyl (C=O) groups excluding carboxylic acids is 3. The number of carbonyl (C=O) groups is 4. The first-order chi connectivity index (χ1) is 16.2. The molecule has 34 heavy (non-hydrogen) atoms. The molecule has 0 bridgehead atoms. The zero-order chi connectivity index (χ0) is 25.1. The number of guanidine groups is 1. The van der Waals surface area contributed by atoms with Crippen molar-refractivity contribution < 1.29 is 24.3 Å². The van der Waals surface area contributed by atoms with Gasteiger partial charge in [-0.05, 0) is 39.2 Å². The van der Waals surface area contributed by atoms with Crippen LogP contribution in [0, 0.1) is 0 Å². The van der Waals surface area contributed by atoms with Crippen LogP contribution in [0.2, 0.25) is 0 Å². The molecule has 14 heteroatoms. The molecule has 0 saturated carbocycles. The number of aliphatic carboxylic acids is 1. The Morgan fingerprint density at radius 2 is 1.94 bits per heavy atom. The second-order valence-corrected chi connectivity index (χ2v) is 8.07. The summed E-state index contributed by atoms with van der Waals surface area (Å²) in [5.41, 5.74) is 11.2. The minimum Gasteiger partial charge on any atom is -0.480 e. The van der Waals surface area contributed by atoms with E-state index in [1.807, 2.05) is 0 Å². The van der Waals surface area contributed by atoms with Crippen LogP contribution >= 0.6 is 0 Å². The van der Waals surface area contributed by atoms with Crippen molar-refractivity contribution in [3.63, 3.8) is 0 Å². The van der Waals surface area contributed by atoms with Crippen molar-refractivity contribution in [2.45, 2.75) is 63.2 Å². The highest BCUT2D eigenvalue weighted by atomic mass is 16.4. The number of carboxylic acids is 1. The van der Waals surface area contributed by atoms with E-state index in [0.717, 1.165) is 13.0 Å². The summed E-state index contributed by atoms with van der Waals surface area (Å²) >= 11 is 0. The lowest BCUT2D eigenvalue weighted by atomic mass is 10.1. The van der Waals surface area contributed by atoms with Crippen molar-refractivity contribution in [3.05, 3.63) is 18.2 Å². The summed E-state index contributed by atoms with van der Waals surface area (Å²) in [5.74, 6) is -2.90. The van der Waals surface area contributed by atoms with Gasteiger partial charge in [0.1, 0.15) is 18.1 Å². The highest BCUT2D eigenvalue weighted by molar-refractivity contribution is 5.94. The second-order valence-electron chi connectivity index (χ2n) is 8.07. The van der Waals surface area contributed by atoms with Gasteiger partial charge in [0, 0.05) is 24.9 Å². The number of amides is 3. The molecule has 4 unspecified atom stereocenters. The minimum absolute atomic E-state index is 0.104. The van der Waals surface area contributed by atoms with Crippen LogP contribution in [-0.2, 0) is 25.6 Å². The van der Waals surface area contributed by atoms with E-state index in [0.29, 0.717) is 18.5 Å². The second kappa shape index (κ2) is 13.1. The molecule has 1 saturated heterocycles. The van der Waals surface area contributed by atoms with Gasteiger partial charge in [-0.15, -0.1) is 0 Å². The molecule has 188 valence electrons. The highest BCUT2D eigenvalue weighted by Crippen LogP contribution is 2.08. The Morgan fingerprint density at radius 1 is 1.21 bits per heavy atom. The fourth-order valence-corrected chi connectivity index (χ4v) is 3.43. The summed E-state index contributed by atoms with van der Waals surface area (Å²) in [4.78, 5) is 60.3. The van der Waals surface area contributed by atoms with Gasteiger partial charge in [0.05, 0.1) is 12.4 Å². The zero-order valence-corrected chi connectivity index (χ0v) is 19.0. The van der Waals surface area contributed by atoms with Crippen LogP contribution in [0.25, 0.3) is 0 Å². The van der Waals surface area contributed by atoms with Gasteiger partial charge < -0.3 is 42.8 Å². The van der Waals surface area contributed by atoms with Gasteiger partial charge in [0.15, 0.2) is 5.96 Å². The predicted octanol–water partition coefficient (Wildman–Crippen LogP) is -2.68. The van der Waals surface area contributed by atoms with Crippen LogP contribution in [0.3, 0.4) is 0 Å². The average Bonchev–Trinajstić information content (AvgIpc) is 3.49. The Hall–Kier alpha value is -3.68. The van der Waals surface area contributed by atoms with Gasteiger partial charge in [-0.2, -0.15) is 0 Å². The van der Waals surface area contributed by atoms with Gasteiger partial charge in [-0.1, -0.05) is 0 Å². The average molecular weight is 480 g/mol. The van der Waals surface area contributed by atoms with Crippen molar-refractivity contribution in [3.8, 4) is 0 Å². The molecule has 0 radical (unpaired) electrons. The van der Waals surface area contributed by atoms with Gasteiger partial charge in [0.25, 0.3) is 0 Å². The number of aliphatic imine (C=N–C) groups is 1. The summed E-state index contributed by atoms with van der Waals surface area (Å²) in [6, 6.07) is -3.60. The van der Waals surface area contributed by atoms with Crippen molar-refractivity contribution in [2.24, 2.45) is 16.5 Å². The Kier molecular flexibility index (Phi) is 10.3. The van der Waals surface area contributed by atoms with Crippen molar-refractivity contribution >= 4 is 29.7 Å². The van der Waals surface area contributed by atoms with Crippen LogP contribution in [0.5, 0.6) is 0 Å². The quantitative estimate of drug-likeness (QED) is 0.0835. The van der Waals surface area contributed by atoms with Crippen molar-refractivity contribution in [1.29, 1.82) is 0 Å². The molecular weight excluding hydrogens is 446 g/mol. The molecule has 0 aliphatic carbocycles. The number of imidazole rings is 1. The number of nitrogens with two attached hydrogens (primary N) is 2. The molecule has 1 aromatic heterocycles. The lowest BCUT2D eigenvalue weighted by Crippen LogP contribution is -2.57. The Labute approximate surface area is 196 Å². The molecule has 4 atom stereocenters. The molecule has 10 N–H and O–H groups in total. The number of H-pyrrole nitrogens is 1. The molecule has 1 aliphatic heterocycles. The third-order valence-corrected chi connectivity index (χ3v) is 5.30. The summed E-state index contributed by atoms with van der Waals surface area (Å²) in [6.45, 7) is 2.25. The fourth-order valence-electron chi connectivity index (χ4n) is 3.43. The van der Waals surface area contributed by atoms with E-state index in [9.17, 15) is 19.2 Å². The molecule has 0 spiro atoms. The lowest BCUT2D eigenvalue weighted by Gasteiger charge is -2.24. The molecule has 1 fully saturated rings. The minimum atomic E-state index is -1.22. The normalized spacial score (nSPS) is 17.7. The summed E-state index contributed by atoms with van der Waals surface area (Å²) in [7, 11) is 0. The summed E-state index contributed by atoms with van der Waals surface area (Å²) in [6.07, 6.45) is 5.13. The van der Waals surface area contributed by atoms with Crippen LogP contribution in [-0.4, -0.2) is 82.0 Å². The van der Waals surface area contributed by atoms with Gasteiger partial charge in [0.2, 0.25) is 17.7 Å². The summed E-state index contributed by atoms with van der Waals surface area (Å²) < 4.78 is 0. The SMILES string of the molecule is CC(NC(=O)C(CCCN=C(N)N)NC(=O)C(Cc1cnc[nH]1)NC(=O)C1CCCN1)C(=O)O. The van der Waals surface area contributed by atoms with Gasteiger partial charge in [-0.25, -0.2) is 4.98 Å². The number of nitrogens with zero attached hydrogens (tertiary/aromatic N) is 2. The Morgan fingerprint density at radius 3 is 2.53 bits per heavy atom. The van der Waals surface area contributed by atoms with E-state index in [1.54, 1.807) is 0 Å². The maximum atomic E-state index is 13.2. The predicted molar refractivity (Wildman–Crippen MR) is 122 cm³/mol. The summed E-state index contributed by atoms with van der Waals surface area (Å²) in [5, 5.41) is 19.9. The van der Waals surface area contributed by atoms with E-state index < -0.39 is 42.0 Å². The van der Waals surface area contributed by atoms with Crippen LogP contribution in [0.4, 0.5) is 0 Å². The topological polar surface area (TPSA) is 230 Å². The molecule has 1 aliphatic rings. The fraction of sp³-hybridized carbons (Fsp3) is 0.600. The maximum absolute atomic E-state index is 13.2.